The molecule has 0 aliphatic heterocycles. The average Bonchev–Trinajstić information content (AvgIpc) is 2.60. The summed E-state index contributed by atoms with van der Waals surface area (Å²) < 4.78 is 9.94. The van der Waals surface area contributed by atoms with E-state index in [4.69, 9.17) is 9.47 Å². The van der Waals surface area contributed by atoms with Crippen LogP contribution in [0.2, 0.25) is 0 Å². The number of ether oxygens (including phenoxy) is 2. The Balaban J connectivity index is 2.05. The molecule has 3 rings (SSSR count). The van der Waals surface area contributed by atoms with Crippen LogP contribution in [-0.2, 0) is 4.74 Å². The van der Waals surface area contributed by atoms with Gasteiger partial charge in [0.1, 0.15) is 11.4 Å². The third-order valence-electron chi connectivity index (χ3n) is 3.49. The quantitative estimate of drug-likeness (QED) is 0.691. The summed E-state index contributed by atoms with van der Waals surface area (Å²) in [5.74, 6) is 0.387. The summed E-state index contributed by atoms with van der Waals surface area (Å²) in [7, 11) is 3.00. The molecule has 22 heavy (non-hydrogen) atoms. The zero-order valence-corrected chi connectivity index (χ0v) is 12.4. The van der Waals surface area contributed by atoms with E-state index in [1.54, 1.807) is 19.2 Å². The molecular formula is C18H15NO3. The van der Waals surface area contributed by atoms with E-state index >= 15 is 0 Å². The summed E-state index contributed by atoms with van der Waals surface area (Å²) in [5.41, 5.74) is 1.99. The van der Waals surface area contributed by atoms with Gasteiger partial charge >= 0.3 is 5.97 Å². The fourth-order valence-corrected chi connectivity index (χ4v) is 2.32. The van der Waals surface area contributed by atoms with E-state index in [0.717, 1.165) is 27.8 Å². The topological polar surface area (TPSA) is 48.4 Å². The zero-order chi connectivity index (χ0) is 15.5. The minimum absolute atomic E-state index is 0.301. The van der Waals surface area contributed by atoms with Crippen molar-refractivity contribution < 1.29 is 14.3 Å². The molecular weight excluding hydrogens is 278 g/mol. The first-order chi connectivity index (χ1) is 10.7. The number of carbonyl (C=O) groups excluding carboxylic acids is 1. The van der Waals surface area contributed by atoms with Crippen LogP contribution < -0.4 is 4.74 Å². The minimum Gasteiger partial charge on any atom is -0.497 e. The molecule has 0 saturated carbocycles. The van der Waals surface area contributed by atoms with Crippen molar-refractivity contribution in [3.8, 4) is 17.0 Å². The van der Waals surface area contributed by atoms with E-state index in [-0.39, 0.29) is 0 Å². The fraction of sp³-hybridized carbons (Fsp3) is 0.111. The van der Waals surface area contributed by atoms with Gasteiger partial charge in [-0.25, -0.2) is 9.78 Å². The van der Waals surface area contributed by atoms with E-state index in [1.165, 1.54) is 7.11 Å². The number of nitrogens with zero attached hydrogens (tertiary/aromatic N) is 1. The van der Waals surface area contributed by atoms with Crippen molar-refractivity contribution in [2.45, 2.75) is 0 Å². The second kappa shape index (κ2) is 5.85. The normalized spacial score (nSPS) is 10.5. The standard InChI is InChI=1S/C18H15NO3/c1-21-15-9-8-12-10-14(7-6-13(12)11-15)16-4-3-5-17(19-16)18(20)22-2/h3-11H,1-2H3. The molecule has 0 unspecified atom stereocenters. The first kappa shape index (κ1) is 14.1. The number of fused-ring (bicyclic) bond motifs is 1. The summed E-state index contributed by atoms with van der Waals surface area (Å²) in [6, 6.07) is 17.2. The average molecular weight is 293 g/mol. The number of carbonyl (C=O) groups is 1. The Hall–Kier alpha value is -2.88. The van der Waals surface area contributed by atoms with Gasteiger partial charge in [0.25, 0.3) is 0 Å². The van der Waals surface area contributed by atoms with E-state index in [9.17, 15) is 4.79 Å². The molecule has 2 aromatic carbocycles. The molecule has 0 fully saturated rings. The summed E-state index contributed by atoms with van der Waals surface area (Å²) in [6.07, 6.45) is 0. The number of hydrogen-bond donors (Lipinski definition) is 0. The summed E-state index contributed by atoms with van der Waals surface area (Å²) in [5, 5.41) is 2.18. The maximum absolute atomic E-state index is 11.6. The first-order valence-electron chi connectivity index (χ1n) is 6.85. The number of hydrogen-bond acceptors (Lipinski definition) is 4. The molecule has 4 heteroatoms. The van der Waals surface area contributed by atoms with Gasteiger partial charge in [0.15, 0.2) is 0 Å². The zero-order valence-electron chi connectivity index (χ0n) is 12.4. The molecule has 0 bridgehead atoms. The Labute approximate surface area is 128 Å². The van der Waals surface area contributed by atoms with Gasteiger partial charge in [-0.3, -0.25) is 0 Å². The molecule has 0 radical (unpaired) electrons. The molecule has 1 heterocycles. The Kier molecular flexibility index (Phi) is 3.74. The fourth-order valence-electron chi connectivity index (χ4n) is 2.32. The Morgan fingerprint density at radius 3 is 2.50 bits per heavy atom. The van der Waals surface area contributed by atoms with Crippen molar-refractivity contribution in [1.82, 2.24) is 4.98 Å². The number of methoxy groups -OCH3 is 2. The van der Waals surface area contributed by atoms with Crippen molar-refractivity contribution in [3.63, 3.8) is 0 Å². The minimum atomic E-state index is -0.438. The van der Waals surface area contributed by atoms with Crippen molar-refractivity contribution in [2.24, 2.45) is 0 Å². The Bertz CT molecular complexity index is 843. The first-order valence-corrected chi connectivity index (χ1v) is 6.85. The second-order valence-electron chi connectivity index (χ2n) is 4.83. The summed E-state index contributed by atoms with van der Waals surface area (Å²) in [4.78, 5) is 15.9. The van der Waals surface area contributed by atoms with Gasteiger partial charge in [-0.05, 0) is 41.1 Å². The molecule has 0 spiro atoms. The summed E-state index contributed by atoms with van der Waals surface area (Å²) in [6.45, 7) is 0. The van der Waals surface area contributed by atoms with Crippen LogP contribution >= 0.6 is 0 Å². The highest BCUT2D eigenvalue weighted by molar-refractivity contribution is 5.90. The number of rotatable bonds is 3. The number of esters is 1. The largest absolute Gasteiger partial charge is 0.497 e. The lowest BCUT2D eigenvalue weighted by atomic mass is 10.0. The SMILES string of the molecule is COC(=O)c1cccc(-c2ccc3cc(OC)ccc3c2)n1. The number of pyridine rings is 1. The monoisotopic (exact) mass is 293 g/mol. The van der Waals surface area contributed by atoms with Gasteiger partial charge < -0.3 is 9.47 Å². The third kappa shape index (κ3) is 2.63. The van der Waals surface area contributed by atoms with Gasteiger partial charge in [0, 0.05) is 5.56 Å². The van der Waals surface area contributed by atoms with Crippen LogP contribution in [0.5, 0.6) is 5.75 Å². The van der Waals surface area contributed by atoms with Crippen molar-refractivity contribution in [3.05, 3.63) is 60.3 Å². The van der Waals surface area contributed by atoms with Gasteiger partial charge in [0.2, 0.25) is 0 Å². The highest BCUT2D eigenvalue weighted by Crippen LogP contribution is 2.26. The Morgan fingerprint density at radius 2 is 1.73 bits per heavy atom. The van der Waals surface area contributed by atoms with Gasteiger partial charge in [-0.1, -0.05) is 24.3 Å². The number of aromatic nitrogens is 1. The molecule has 0 saturated heterocycles. The van der Waals surface area contributed by atoms with E-state index in [2.05, 4.69) is 4.98 Å². The van der Waals surface area contributed by atoms with Crippen LogP contribution in [0, 0.1) is 0 Å². The van der Waals surface area contributed by atoms with Gasteiger partial charge in [-0.2, -0.15) is 0 Å². The lowest BCUT2D eigenvalue weighted by Crippen LogP contribution is -2.04. The maximum Gasteiger partial charge on any atom is 0.356 e. The molecule has 110 valence electrons. The Morgan fingerprint density at radius 1 is 0.955 bits per heavy atom. The molecule has 3 aromatic rings. The molecule has 0 aliphatic rings. The van der Waals surface area contributed by atoms with E-state index < -0.39 is 5.97 Å². The van der Waals surface area contributed by atoms with Crippen LogP contribution in [0.1, 0.15) is 10.5 Å². The lowest BCUT2D eigenvalue weighted by molar-refractivity contribution is 0.0594. The van der Waals surface area contributed by atoms with Crippen LogP contribution in [-0.4, -0.2) is 25.2 Å². The molecule has 0 amide bonds. The lowest BCUT2D eigenvalue weighted by Gasteiger charge is -2.06. The second-order valence-corrected chi connectivity index (χ2v) is 4.83. The third-order valence-corrected chi connectivity index (χ3v) is 3.49. The molecule has 1 aromatic heterocycles. The highest BCUT2D eigenvalue weighted by Gasteiger charge is 2.09. The van der Waals surface area contributed by atoms with Crippen molar-refractivity contribution >= 4 is 16.7 Å². The van der Waals surface area contributed by atoms with Crippen LogP contribution in [0.15, 0.2) is 54.6 Å². The molecule has 0 atom stereocenters. The predicted octanol–water partition coefficient (Wildman–Crippen LogP) is 3.70. The van der Waals surface area contributed by atoms with E-state index in [0.29, 0.717) is 5.69 Å². The maximum atomic E-state index is 11.6. The molecule has 4 nitrogen and oxygen atoms in total. The van der Waals surface area contributed by atoms with Crippen LogP contribution in [0.4, 0.5) is 0 Å². The van der Waals surface area contributed by atoms with Gasteiger partial charge in [0.05, 0.1) is 19.9 Å². The van der Waals surface area contributed by atoms with Crippen LogP contribution in [0.25, 0.3) is 22.0 Å². The van der Waals surface area contributed by atoms with E-state index in [1.807, 2.05) is 42.5 Å². The van der Waals surface area contributed by atoms with Crippen LogP contribution in [0.3, 0.4) is 0 Å². The summed E-state index contributed by atoms with van der Waals surface area (Å²) >= 11 is 0. The molecule has 0 N–H and O–H groups in total. The van der Waals surface area contributed by atoms with Gasteiger partial charge in [-0.15, -0.1) is 0 Å². The van der Waals surface area contributed by atoms with Crippen molar-refractivity contribution in [1.29, 1.82) is 0 Å². The molecule has 0 aliphatic carbocycles. The number of benzene rings is 2. The van der Waals surface area contributed by atoms with Crippen molar-refractivity contribution in [2.75, 3.05) is 14.2 Å². The predicted molar refractivity (Wildman–Crippen MR) is 85.1 cm³/mol. The highest BCUT2D eigenvalue weighted by atomic mass is 16.5. The smallest absolute Gasteiger partial charge is 0.356 e.